The topological polar surface area (TPSA) is 34.1 Å². The van der Waals surface area contributed by atoms with Crippen molar-refractivity contribution < 1.29 is 25.5 Å². The van der Waals surface area contributed by atoms with Crippen molar-refractivity contribution in [1.82, 2.24) is 0 Å². The third-order valence-corrected chi connectivity index (χ3v) is 2.46. The quantitative estimate of drug-likeness (QED) is 0.560. The van der Waals surface area contributed by atoms with Crippen LogP contribution in [0.15, 0.2) is 23.1 Å². The minimum Gasteiger partial charge on any atom is -0.189 e. The molecule has 0 saturated carbocycles. The van der Waals surface area contributed by atoms with Crippen molar-refractivity contribution in [1.29, 1.82) is 0 Å². The molecule has 0 heterocycles. The van der Waals surface area contributed by atoms with E-state index in [2.05, 4.69) is 0 Å². The summed E-state index contributed by atoms with van der Waals surface area (Å²) in [5, 5.41) is 0. The minimum absolute atomic E-state index is 0.0288. The molecule has 7 heteroatoms. The lowest BCUT2D eigenvalue weighted by atomic mass is 10.1. The molecule has 0 aromatic heterocycles. The van der Waals surface area contributed by atoms with Crippen molar-refractivity contribution in [3.8, 4) is 0 Å². The molecular formula is C8H6F4O2S. The van der Waals surface area contributed by atoms with Gasteiger partial charge in [-0.25, -0.2) is 0 Å². The van der Waals surface area contributed by atoms with E-state index >= 15 is 0 Å². The minimum atomic E-state index is -5.11. The van der Waals surface area contributed by atoms with Crippen LogP contribution >= 0.6 is 0 Å². The first-order valence-electron chi connectivity index (χ1n) is 3.74. The van der Waals surface area contributed by atoms with Gasteiger partial charge in [0.25, 0.3) is 0 Å². The molecule has 0 radical (unpaired) electrons. The predicted molar refractivity (Wildman–Crippen MR) is 44.5 cm³/mol. The van der Waals surface area contributed by atoms with Crippen molar-refractivity contribution in [3.63, 3.8) is 0 Å². The van der Waals surface area contributed by atoms with E-state index < -0.39 is 26.9 Å². The Balaban J connectivity index is 3.43. The van der Waals surface area contributed by atoms with Crippen molar-refractivity contribution in [2.75, 3.05) is 0 Å². The summed E-state index contributed by atoms with van der Waals surface area (Å²) in [5.74, 6) is 0. The Morgan fingerprint density at radius 3 is 2.07 bits per heavy atom. The van der Waals surface area contributed by atoms with Crippen LogP contribution in [0.4, 0.5) is 17.1 Å². The molecular weight excluding hydrogens is 236 g/mol. The van der Waals surface area contributed by atoms with Crippen molar-refractivity contribution in [3.05, 3.63) is 29.3 Å². The van der Waals surface area contributed by atoms with Crippen LogP contribution in [-0.2, 0) is 16.4 Å². The fraction of sp³-hybridized carbons (Fsp3) is 0.250. The average Bonchev–Trinajstić information content (AvgIpc) is 1.99. The SMILES string of the molecule is Cc1cc(C(F)(F)F)cc(S(=O)(=O)F)c1. The Hall–Kier alpha value is -1.11. The number of halogens is 4. The molecule has 0 unspecified atom stereocenters. The molecule has 0 aliphatic heterocycles. The molecule has 0 atom stereocenters. The normalized spacial score (nSPS) is 12.9. The van der Waals surface area contributed by atoms with Gasteiger partial charge in [0.2, 0.25) is 0 Å². The lowest BCUT2D eigenvalue weighted by Crippen LogP contribution is -2.07. The number of benzene rings is 1. The van der Waals surface area contributed by atoms with Crippen LogP contribution in [0, 0.1) is 6.92 Å². The zero-order chi connectivity index (χ0) is 11.9. The Bertz CT molecular complexity index is 476. The highest BCUT2D eigenvalue weighted by molar-refractivity contribution is 7.86. The summed E-state index contributed by atoms with van der Waals surface area (Å²) in [7, 11) is -5.11. The summed E-state index contributed by atoms with van der Waals surface area (Å²) in [4.78, 5) is -0.977. The molecule has 1 aromatic rings. The van der Waals surface area contributed by atoms with Gasteiger partial charge in [-0.05, 0) is 30.7 Å². The van der Waals surface area contributed by atoms with Gasteiger partial charge in [0, 0.05) is 0 Å². The summed E-state index contributed by atoms with van der Waals surface area (Å²) in [6.45, 7) is 1.25. The van der Waals surface area contributed by atoms with Gasteiger partial charge >= 0.3 is 16.4 Å². The van der Waals surface area contributed by atoms with Gasteiger partial charge in [-0.15, -0.1) is 3.89 Å². The van der Waals surface area contributed by atoms with E-state index in [0.29, 0.717) is 0 Å². The van der Waals surface area contributed by atoms with Gasteiger partial charge in [0.05, 0.1) is 10.5 Å². The standard InChI is InChI=1S/C8H6F4O2S/c1-5-2-6(8(9,10)11)4-7(3-5)15(12,13)14/h2-4H,1H3. The second-order valence-electron chi connectivity index (χ2n) is 2.97. The van der Waals surface area contributed by atoms with E-state index in [4.69, 9.17) is 0 Å². The maximum absolute atomic E-state index is 12.5. The fourth-order valence-electron chi connectivity index (χ4n) is 1.05. The number of hydrogen-bond acceptors (Lipinski definition) is 2. The number of rotatable bonds is 1. The van der Waals surface area contributed by atoms with Crippen molar-refractivity contribution in [2.24, 2.45) is 0 Å². The molecule has 0 bridgehead atoms. The second kappa shape index (κ2) is 3.48. The molecule has 84 valence electrons. The summed E-state index contributed by atoms with van der Waals surface area (Å²) >= 11 is 0. The predicted octanol–water partition coefficient (Wildman–Crippen LogP) is 2.67. The second-order valence-corrected chi connectivity index (χ2v) is 4.32. The maximum Gasteiger partial charge on any atom is 0.416 e. The maximum atomic E-state index is 12.5. The molecule has 0 amide bonds. The number of aryl methyl sites for hydroxylation is 1. The largest absolute Gasteiger partial charge is 0.416 e. The lowest BCUT2D eigenvalue weighted by molar-refractivity contribution is -0.137. The number of alkyl halides is 3. The third kappa shape index (κ3) is 2.92. The first-order chi connectivity index (χ1) is 6.60. The van der Waals surface area contributed by atoms with E-state index in [1.807, 2.05) is 0 Å². The van der Waals surface area contributed by atoms with E-state index in [1.54, 1.807) is 0 Å². The van der Waals surface area contributed by atoms with Gasteiger partial charge in [-0.2, -0.15) is 21.6 Å². The van der Waals surface area contributed by atoms with Crippen molar-refractivity contribution in [2.45, 2.75) is 18.0 Å². The molecule has 2 nitrogen and oxygen atoms in total. The zero-order valence-corrected chi connectivity index (χ0v) is 8.29. The van der Waals surface area contributed by atoms with Crippen LogP contribution in [0.25, 0.3) is 0 Å². The molecule has 0 aliphatic rings. The van der Waals surface area contributed by atoms with Crippen LogP contribution in [-0.4, -0.2) is 8.42 Å². The Morgan fingerprint density at radius 2 is 1.67 bits per heavy atom. The summed E-state index contributed by atoms with van der Waals surface area (Å²) in [6, 6.07) is 1.85. The highest BCUT2D eigenvalue weighted by Crippen LogP contribution is 2.31. The lowest BCUT2D eigenvalue weighted by Gasteiger charge is -2.08. The van der Waals surface area contributed by atoms with Gasteiger partial charge in [-0.3, -0.25) is 0 Å². The monoisotopic (exact) mass is 242 g/mol. The summed E-state index contributed by atoms with van der Waals surface area (Å²) in [5.41, 5.74) is -1.15. The molecule has 0 saturated heterocycles. The zero-order valence-electron chi connectivity index (χ0n) is 7.47. The third-order valence-electron chi connectivity index (χ3n) is 1.66. The summed E-state index contributed by atoms with van der Waals surface area (Å²) in [6.07, 6.45) is -4.69. The molecule has 0 spiro atoms. The Kier molecular flexibility index (Phi) is 2.77. The molecule has 0 fully saturated rings. The van der Waals surface area contributed by atoms with Gasteiger partial charge in [0.15, 0.2) is 0 Å². The molecule has 1 aromatic carbocycles. The highest BCUT2D eigenvalue weighted by atomic mass is 32.3. The molecule has 15 heavy (non-hydrogen) atoms. The first kappa shape index (κ1) is 12.0. The summed E-state index contributed by atoms with van der Waals surface area (Å²) < 4.78 is 70.0. The fourth-order valence-corrected chi connectivity index (χ4v) is 1.65. The van der Waals surface area contributed by atoms with Crippen LogP contribution in [0.3, 0.4) is 0 Å². The smallest absolute Gasteiger partial charge is 0.189 e. The van der Waals surface area contributed by atoms with Crippen LogP contribution in [0.1, 0.15) is 11.1 Å². The molecule has 0 N–H and O–H groups in total. The Morgan fingerprint density at radius 1 is 1.13 bits per heavy atom. The van der Waals surface area contributed by atoms with E-state index in [0.717, 1.165) is 12.1 Å². The van der Waals surface area contributed by atoms with Gasteiger partial charge in [0.1, 0.15) is 0 Å². The number of hydrogen-bond donors (Lipinski definition) is 0. The van der Waals surface area contributed by atoms with Gasteiger partial charge in [-0.1, -0.05) is 0 Å². The first-order valence-corrected chi connectivity index (χ1v) is 5.12. The molecule has 1 rings (SSSR count). The van der Waals surface area contributed by atoms with E-state index in [1.165, 1.54) is 6.92 Å². The van der Waals surface area contributed by atoms with E-state index in [-0.39, 0.29) is 11.6 Å². The van der Waals surface area contributed by atoms with Crippen molar-refractivity contribution >= 4 is 10.2 Å². The Labute approximate surface area is 83.7 Å². The van der Waals surface area contributed by atoms with Gasteiger partial charge < -0.3 is 0 Å². The highest BCUT2D eigenvalue weighted by Gasteiger charge is 2.32. The average molecular weight is 242 g/mol. The molecule has 0 aliphatic carbocycles. The van der Waals surface area contributed by atoms with E-state index in [9.17, 15) is 25.5 Å². The van der Waals surface area contributed by atoms with Crippen LogP contribution in [0.2, 0.25) is 0 Å². The van der Waals surface area contributed by atoms with Crippen LogP contribution in [0.5, 0.6) is 0 Å². The van der Waals surface area contributed by atoms with Crippen LogP contribution < -0.4 is 0 Å².